The van der Waals surface area contributed by atoms with Crippen LogP contribution in [-0.2, 0) is 16.0 Å². The largest absolute Gasteiger partial charge is 0.493 e. The maximum Gasteiger partial charge on any atom is 0.217 e. The van der Waals surface area contributed by atoms with Crippen LogP contribution in [-0.4, -0.2) is 24.2 Å². The van der Waals surface area contributed by atoms with Gasteiger partial charge in [0.15, 0.2) is 0 Å². The Morgan fingerprint density at radius 3 is 2.96 bits per heavy atom. The number of rotatable bonds is 2. The van der Waals surface area contributed by atoms with Gasteiger partial charge < -0.3 is 14.8 Å². The molecule has 4 heteroatoms. The van der Waals surface area contributed by atoms with Gasteiger partial charge in [0.1, 0.15) is 5.75 Å². The first-order valence-electron chi connectivity index (χ1n) is 10.1. The zero-order chi connectivity index (χ0) is 18.3. The van der Waals surface area contributed by atoms with Crippen molar-refractivity contribution in [1.82, 2.24) is 5.32 Å². The fourth-order valence-electron chi connectivity index (χ4n) is 5.33. The van der Waals surface area contributed by atoms with E-state index in [0.717, 1.165) is 44.5 Å². The first kappa shape index (κ1) is 17.8. The monoisotopic (exact) mass is 357 g/mol. The van der Waals surface area contributed by atoms with Gasteiger partial charge in [0, 0.05) is 24.8 Å². The van der Waals surface area contributed by atoms with Gasteiger partial charge >= 0.3 is 0 Å². The van der Waals surface area contributed by atoms with Crippen molar-refractivity contribution in [1.29, 1.82) is 0 Å². The summed E-state index contributed by atoms with van der Waals surface area (Å²) in [6.07, 6.45) is 6.68. The van der Waals surface area contributed by atoms with Crippen molar-refractivity contribution < 1.29 is 14.3 Å². The first-order valence-corrected chi connectivity index (χ1v) is 10.1. The molecule has 142 valence electrons. The van der Waals surface area contributed by atoms with Gasteiger partial charge in [-0.2, -0.15) is 0 Å². The molecule has 0 bridgehead atoms. The summed E-state index contributed by atoms with van der Waals surface area (Å²) in [6.45, 7) is 6.98. The first-order chi connectivity index (χ1) is 12.4. The summed E-state index contributed by atoms with van der Waals surface area (Å²) in [4.78, 5) is 11.9. The van der Waals surface area contributed by atoms with Crippen LogP contribution >= 0.6 is 0 Å². The Hall–Kier alpha value is -1.55. The smallest absolute Gasteiger partial charge is 0.217 e. The van der Waals surface area contributed by atoms with Gasteiger partial charge in [0.2, 0.25) is 5.91 Å². The van der Waals surface area contributed by atoms with E-state index in [0.29, 0.717) is 11.8 Å². The molecule has 1 N–H and O–H groups in total. The number of carbonyl (C=O) groups is 1. The number of hydrogen-bond acceptors (Lipinski definition) is 3. The molecule has 2 heterocycles. The molecule has 2 fully saturated rings. The average Bonchev–Trinajstić information content (AvgIpc) is 2.60. The van der Waals surface area contributed by atoms with Crippen LogP contribution in [0.4, 0.5) is 0 Å². The van der Waals surface area contributed by atoms with Crippen LogP contribution in [0.15, 0.2) is 18.2 Å². The topological polar surface area (TPSA) is 47.6 Å². The molecular weight excluding hydrogens is 326 g/mol. The Kier molecular flexibility index (Phi) is 4.72. The molecule has 1 amide bonds. The molecule has 4 nitrogen and oxygen atoms in total. The zero-order valence-corrected chi connectivity index (χ0v) is 16.2. The van der Waals surface area contributed by atoms with E-state index in [1.165, 1.54) is 17.5 Å². The second-order valence-corrected chi connectivity index (χ2v) is 8.81. The summed E-state index contributed by atoms with van der Waals surface area (Å²) in [5.41, 5.74) is 2.31. The van der Waals surface area contributed by atoms with Crippen LogP contribution in [0.5, 0.6) is 5.75 Å². The number of aryl methyl sites for hydroxylation is 1. The van der Waals surface area contributed by atoms with Crippen molar-refractivity contribution in [3.8, 4) is 5.75 Å². The summed E-state index contributed by atoms with van der Waals surface area (Å²) in [6, 6.07) is 6.51. The highest BCUT2D eigenvalue weighted by Crippen LogP contribution is 2.48. The Labute approximate surface area is 156 Å². The number of nitrogens with one attached hydrogen (secondary N) is 1. The molecule has 1 aromatic rings. The minimum absolute atomic E-state index is 0.0330. The molecule has 0 spiro atoms. The number of amides is 1. The predicted octanol–water partition coefficient (Wildman–Crippen LogP) is 4.17. The second-order valence-electron chi connectivity index (χ2n) is 8.81. The minimum Gasteiger partial charge on any atom is -0.493 e. The molecule has 1 saturated carbocycles. The second kappa shape index (κ2) is 6.88. The molecule has 1 aliphatic carbocycles. The van der Waals surface area contributed by atoms with E-state index in [1.807, 2.05) is 0 Å². The van der Waals surface area contributed by atoms with E-state index < -0.39 is 0 Å². The van der Waals surface area contributed by atoms with E-state index in [1.54, 1.807) is 6.92 Å². The Bertz CT molecular complexity index is 688. The fraction of sp³-hybridized carbons (Fsp3) is 0.682. The van der Waals surface area contributed by atoms with E-state index in [9.17, 15) is 4.79 Å². The molecule has 1 saturated heterocycles. The summed E-state index contributed by atoms with van der Waals surface area (Å²) >= 11 is 0. The van der Waals surface area contributed by atoms with Crippen LogP contribution in [0.25, 0.3) is 0 Å². The average molecular weight is 357 g/mol. The number of carbonyl (C=O) groups excluding carboxylic acids is 1. The maximum atomic E-state index is 11.9. The lowest BCUT2D eigenvalue weighted by Gasteiger charge is -2.52. The van der Waals surface area contributed by atoms with E-state index >= 15 is 0 Å². The van der Waals surface area contributed by atoms with Gasteiger partial charge in [-0.05, 0) is 61.8 Å². The third-order valence-corrected chi connectivity index (χ3v) is 6.59. The lowest BCUT2D eigenvalue weighted by molar-refractivity contribution is -0.153. The Morgan fingerprint density at radius 2 is 2.15 bits per heavy atom. The van der Waals surface area contributed by atoms with E-state index in [4.69, 9.17) is 9.47 Å². The molecule has 26 heavy (non-hydrogen) atoms. The lowest BCUT2D eigenvalue weighted by atomic mass is 9.66. The molecular formula is C22H31NO3. The van der Waals surface area contributed by atoms with Crippen molar-refractivity contribution in [3.05, 3.63) is 29.3 Å². The highest BCUT2D eigenvalue weighted by atomic mass is 16.5. The number of fused-ring (bicyclic) bond motifs is 2. The molecule has 5 atom stereocenters. The van der Waals surface area contributed by atoms with Crippen molar-refractivity contribution in [2.45, 2.75) is 77.0 Å². The molecule has 0 radical (unpaired) electrons. The molecule has 2 aliphatic heterocycles. The Morgan fingerprint density at radius 1 is 1.31 bits per heavy atom. The normalized spacial score (nSPS) is 36.4. The molecule has 0 unspecified atom stereocenters. The molecule has 3 aliphatic rings. The van der Waals surface area contributed by atoms with Gasteiger partial charge in [-0.15, -0.1) is 0 Å². The van der Waals surface area contributed by atoms with E-state index in [-0.39, 0.29) is 23.7 Å². The standard InChI is InChI=1S/C22H31NO3/c1-14-6-8-18-20(11-14)26-21(13-22(18,3)23-15(2)24)17-7-9-19-16(12-17)5-4-10-25-19/h7,9,12,14,18,20-21H,4-6,8,10-11,13H2,1-3H3,(H,23,24)/t14-,18-,20-,21-,22-/m1/s1. The third-order valence-electron chi connectivity index (χ3n) is 6.59. The van der Waals surface area contributed by atoms with Crippen LogP contribution in [0, 0.1) is 11.8 Å². The SMILES string of the molecule is CC(=O)N[C@]1(C)C[C@H](c2ccc3c(c2)CCCO3)O[C@@H]2C[C@H](C)CC[C@H]21. The van der Waals surface area contributed by atoms with Gasteiger partial charge in [-0.1, -0.05) is 19.4 Å². The molecule has 1 aromatic carbocycles. The predicted molar refractivity (Wildman–Crippen MR) is 101 cm³/mol. The minimum atomic E-state index is -0.202. The van der Waals surface area contributed by atoms with Crippen molar-refractivity contribution in [2.24, 2.45) is 11.8 Å². The Balaban J connectivity index is 1.63. The summed E-state index contributed by atoms with van der Waals surface area (Å²) < 4.78 is 12.4. The highest BCUT2D eigenvalue weighted by Gasteiger charge is 2.49. The number of hydrogen-bond donors (Lipinski definition) is 1. The van der Waals surface area contributed by atoms with Crippen LogP contribution in [0.1, 0.15) is 70.1 Å². The maximum absolute atomic E-state index is 11.9. The highest BCUT2D eigenvalue weighted by molar-refractivity contribution is 5.73. The number of benzene rings is 1. The van der Waals surface area contributed by atoms with Gasteiger partial charge in [0.25, 0.3) is 0 Å². The van der Waals surface area contributed by atoms with Crippen molar-refractivity contribution >= 4 is 5.91 Å². The van der Waals surface area contributed by atoms with Crippen LogP contribution in [0.3, 0.4) is 0 Å². The third kappa shape index (κ3) is 3.36. The zero-order valence-electron chi connectivity index (χ0n) is 16.2. The van der Waals surface area contributed by atoms with Gasteiger partial charge in [0.05, 0.1) is 18.8 Å². The van der Waals surface area contributed by atoms with Gasteiger partial charge in [-0.3, -0.25) is 4.79 Å². The van der Waals surface area contributed by atoms with E-state index in [2.05, 4.69) is 37.4 Å². The molecule has 0 aromatic heterocycles. The van der Waals surface area contributed by atoms with Crippen molar-refractivity contribution in [3.63, 3.8) is 0 Å². The van der Waals surface area contributed by atoms with Crippen LogP contribution < -0.4 is 10.1 Å². The summed E-state index contributed by atoms with van der Waals surface area (Å²) in [7, 11) is 0. The lowest BCUT2D eigenvalue weighted by Crippen LogP contribution is -2.60. The van der Waals surface area contributed by atoms with Crippen molar-refractivity contribution in [2.75, 3.05) is 6.61 Å². The number of ether oxygens (including phenoxy) is 2. The molecule has 4 rings (SSSR count). The quantitative estimate of drug-likeness (QED) is 0.864. The van der Waals surface area contributed by atoms with Crippen LogP contribution in [0.2, 0.25) is 0 Å². The summed E-state index contributed by atoms with van der Waals surface area (Å²) in [5, 5.41) is 3.29. The summed E-state index contributed by atoms with van der Waals surface area (Å²) in [5.74, 6) is 2.17. The fourth-order valence-corrected chi connectivity index (χ4v) is 5.33. The van der Waals surface area contributed by atoms with Gasteiger partial charge in [-0.25, -0.2) is 0 Å².